The molecule has 0 heterocycles. The summed E-state index contributed by atoms with van der Waals surface area (Å²) >= 11 is 0. The van der Waals surface area contributed by atoms with E-state index >= 15 is 0 Å². The molecule has 3 N–H and O–H groups in total. The van der Waals surface area contributed by atoms with Crippen LogP contribution in [-0.4, -0.2) is 47.4 Å². The van der Waals surface area contributed by atoms with Gasteiger partial charge < -0.3 is 20.3 Å². The highest BCUT2D eigenvalue weighted by molar-refractivity contribution is 5.76. The quantitative estimate of drug-likeness (QED) is 0.0418. The van der Waals surface area contributed by atoms with E-state index in [2.05, 4.69) is 19.2 Å². The second kappa shape index (κ2) is 50.5. The molecule has 0 saturated carbocycles. The number of unbranched alkanes of at least 4 members (excludes halogenated alkanes) is 40. The predicted octanol–water partition coefficient (Wildman–Crippen LogP) is 16.4. The molecule has 358 valence electrons. The summed E-state index contributed by atoms with van der Waals surface area (Å²) in [6, 6.07) is -0.554. The summed E-state index contributed by atoms with van der Waals surface area (Å²) in [4.78, 5) is 24.5. The number of carbonyl (C=O) groups excluding carboxylic acids is 2. The zero-order chi connectivity index (χ0) is 43.7. The molecule has 0 bridgehead atoms. The average molecular weight is 850 g/mol. The number of nitrogens with one attached hydrogen (secondary N) is 1. The molecule has 0 radical (unpaired) electrons. The van der Waals surface area contributed by atoms with Crippen molar-refractivity contribution in [2.75, 3.05) is 13.2 Å². The van der Waals surface area contributed by atoms with E-state index in [0.29, 0.717) is 25.9 Å². The number of ether oxygens (including phenoxy) is 1. The minimum Gasteiger partial charge on any atom is -0.466 e. The summed E-state index contributed by atoms with van der Waals surface area (Å²) in [5, 5.41) is 23.3. The first kappa shape index (κ1) is 58.9. The van der Waals surface area contributed by atoms with Crippen LogP contribution in [0.25, 0.3) is 0 Å². The van der Waals surface area contributed by atoms with Crippen molar-refractivity contribution in [1.82, 2.24) is 5.32 Å². The van der Waals surface area contributed by atoms with E-state index in [-0.39, 0.29) is 18.5 Å². The first-order valence-electron chi connectivity index (χ1n) is 27.3. The van der Waals surface area contributed by atoms with Gasteiger partial charge in [-0.3, -0.25) is 9.59 Å². The lowest BCUT2D eigenvalue weighted by Crippen LogP contribution is -2.45. The summed E-state index contributed by atoms with van der Waals surface area (Å²) in [5.41, 5.74) is 0. The lowest BCUT2D eigenvalue weighted by molar-refractivity contribution is -0.143. The molecule has 60 heavy (non-hydrogen) atoms. The number of rotatable bonds is 51. The van der Waals surface area contributed by atoms with Gasteiger partial charge >= 0.3 is 5.97 Å². The Kier molecular flexibility index (Phi) is 49.5. The number of aliphatic hydroxyl groups is 2. The van der Waals surface area contributed by atoms with Gasteiger partial charge in [0.15, 0.2) is 0 Å². The molecule has 0 fully saturated rings. The number of esters is 1. The topological polar surface area (TPSA) is 95.9 Å². The van der Waals surface area contributed by atoms with Crippen LogP contribution in [0.2, 0.25) is 0 Å². The number of amides is 1. The van der Waals surface area contributed by atoms with Gasteiger partial charge in [-0.2, -0.15) is 0 Å². The van der Waals surface area contributed by atoms with Crippen molar-refractivity contribution >= 4 is 11.9 Å². The van der Waals surface area contributed by atoms with Crippen LogP contribution in [0.1, 0.15) is 309 Å². The molecule has 2 atom stereocenters. The van der Waals surface area contributed by atoms with Gasteiger partial charge in [0.25, 0.3) is 0 Å². The fraction of sp³-hybridized carbons (Fsp3) is 0.963. The van der Waals surface area contributed by atoms with Gasteiger partial charge in [0.1, 0.15) is 0 Å². The molecule has 0 saturated heterocycles. The van der Waals surface area contributed by atoms with Crippen LogP contribution in [-0.2, 0) is 14.3 Å². The van der Waals surface area contributed by atoms with Crippen molar-refractivity contribution in [2.45, 2.75) is 321 Å². The van der Waals surface area contributed by atoms with E-state index in [1.54, 1.807) is 0 Å². The number of carbonyl (C=O) groups is 2. The van der Waals surface area contributed by atoms with E-state index < -0.39 is 12.1 Å². The maximum atomic E-state index is 12.5. The molecule has 0 aliphatic heterocycles. The Bertz CT molecular complexity index is 852. The highest BCUT2D eigenvalue weighted by Crippen LogP contribution is 2.17. The van der Waals surface area contributed by atoms with Gasteiger partial charge in [-0.1, -0.05) is 271 Å². The molecule has 0 aromatic rings. The molecule has 1 amide bonds. The standard InChI is InChI=1S/C54H107NO5/c1-3-5-7-9-11-13-15-17-18-19-20-21-22-23-24-26-30-34-38-42-46-52(57)51(50-56)55-53(58)47-43-39-35-31-27-25-29-33-37-41-45-49-60-54(59)48-44-40-36-32-28-16-14-12-10-8-6-4-2/h51-52,56-57H,3-50H2,1-2H3,(H,55,58). The van der Waals surface area contributed by atoms with Crippen molar-refractivity contribution < 1.29 is 24.5 Å². The van der Waals surface area contributed by atoms with Crippen LogP contribution >= 0.6 is 0 Å². The maximum absolute atomic E-state index is 12.5. The summed E-state index contributed by atoms with van der Waals surface area (Å²) < 4.78 is 5.45. The molecule has 0 aliphatic carbocycles. The number of hydrogen-bond donors (Lipinski definition) is 3. The van der Waals surface area contributed by atoms with E-state index in [1.807, 2.05) is 0 Å². The van der Waals surface area contributed by atoms with Crippen molar-refractivity contribution in [2.24, 2.45) is 0 Å². The molecule has 0 aromatic carbocycles. The average Bonchev–Trinajstić information content (AvgIpc) is 3.25. The third kappa shape index (κ3) is 46.4. The van der Waals surface area contributed by atoms with Gasteiger partial charge in [-0.15, -0.1) is 0 Å². The SMILES string of the molecule is CCCCCCCCCCCCCCCCCCCCCCC(O)C(CO)NC(=O)CCCCCCCCCCCCCOC(=O)CCCCCCCCCCCCCC. The highest BCUT2D eigenvalue weighted by atomic mass is 16.5. The van der Waals surface area contributed by atoms with Gasteiger partial charge in [0.2, 0.25) is 5.91 Å². The Hall–Kier alpha value is -1.14. The lowest BCUT2D eigenvalue weighted by atomic mass is 10.0. The monoisotopic (exact) mass is 850 g/mol. The van der Waals surface area contributed by atoms with Crippen LogP contribution in [0.4, 0.5) is 0 Å². The van der Waals surface area contributed by atoms with E-state index in [4.69, 9.17) is 4.74 Å². The summed E-state index contributed by atoms with van der Waals surface area (Å²) in [6.45, 7) is 4.93. The molecule has 0 rings (SSSR count). The van der Waals surface area contributed by atoms with Gasteiger partial charge in [-0.25, -0.2) is 0 Å². The molecule has 6 nitrogen and oxygen atoms in total. The molecule has 0 spiro atoms. The molecular weight excluding hydrogens is 743 g/mol. The Labute approximate surface area is 375 Å². The van der Waals surface area contributed by atoms with Crippen molar-refractivity contribution in [3.05, 3.63) is 0 Å². The summed E-state index contributed by atoms with van der Waals surface area (Å²) in [6.07, 6.45) is 56.5. The smallest absolute Gasteiger partial charge is 0.305 e. The molecule has 6 heteroatoms. The Balaban J connectivity index is 3.46. The largest absolute Gasteiger partial charge is 0.466 e. The Morgan fingerprint density at radius 1 is 0.400 bits per heavy atom. The molecule has 0 aliphatic rings. The fourth-order valence-corrected chi connectivity index (χ4v) is 8.70. The summed E-state index contributed by atoms with van der Waals surface area (Å²) in [7, 11) is 0. The van der Waals surface area contributed by atoms with E-state index in [1.165, 1.54) is 218 Å². The molecule has 2 unspecified atom stereocenters. The van der Waals surface area contributed by atoms with Crippen molar-refractivity contribution in [3.63, 3.8) is 0 Å². The zero-order valence-corrected chi connectivity index (χ0v) is 40.7. The Morgan fingerprint density at radius 2 is 0.683 bits per heavy atom. The Morgan fingerprint density at radius 3 is 1.02 bits per heavy atom. The zero-order valence-electron chi connectivity index (χ0n) is 40.7. The third-order valence-corrected chi connectivity index (χ3v) is 12.9. The van der Waals surface area contributed by atoms with Gasteiger partial charge in [-0.05, 0) is 25.7 Å². The number of aliphatic hydroxyl groups excluding tert-OH is 2. The van der Waals surface area contributed by atoms with Crippen molar-refractivity contribution in [1.29, 1.82) is 0 Å². The van der Waals surface area contributed by atoms with Crippen LogP contribution in [0.3, 0.4) is 0 Å². The van der Waals surface area contributed by atoms with E-state index in [0.717, 1.165) is 57.8 Å². The van der Waals surface area contributed by atoms with Gasteiger partial charge in [0, 0.05) is 12.8 Å². The second-order valence-corrected chi connectivity index (χ2v) is 18.9. The normalized spacial score (nSPS) is 12.5. The summed E-state index contributed by atoms with van der Waals surface area (Å²) in [5.74, 6) is -0.0618. The predicted molar refractivity (Wildman–Crippen MR) is 260 cm³/mol. The fourth-order valence-electron chi connectivity index (χ4n) is 8.70. The van der Waals surface area contributed by atoms with Crippen LogP contribution in [0.5, 0.6) is 0 Å². The number of hydrogen-bond acceptors (Lipinski definition) is 5. The maximum Gasteiger partial charge on any atom is 0.305 e. The van der Waals surface area contributed by atoms with Crippen LogP contribution < -0.4 is 5.32 Å². The molecular formula is C54H107NO5. The van der Waals surface area contributed by atoms with Crippen molar-refractivity contribution in [3.8, 4) is 0 Å². The van der Waals surface area contributed by atoms with E-state index in [9.17, 15) is 19.8 Å². The first-order valence-corrected chi connectivity index (χ1v) is 27.3. The minimum absolute atomic E-state index is 0.0118. The lowest BCUT2D eigenvalue weighted by Gasteiger charge is -2.22. The third-order valence-electron chi connectivity index (χ3n) is 12.9. The second-order valence-electron chi connectivity index (χ2n) is 18.9. The molecule has 0 aromatic heterocycles. The van der Waals surface area contributed by atoms with Gasteiger partial charge in [0.05, 0.1) is 25.4 Å². The van der Waals surface area contributed by atoms with Crippen LogP contribution in [0, 0.1) is 0 Å². The van der Waals surface area contributed by atoms with Crippen LogP contribution in [0.15, 0.2) is 0 Å². The minimum atomic E-state index is -0.675. The highest BCUT2D eigenvalue weighted by Gasteiger charge is 2.20. The first-order chi connectivity index (χ1) is 29.5.